The molecule has 2 rings (SSSR count). The Kier molecular flexibility index (Phi) is 6.45. The van der Waals surface area contributed by atoms with Crippen molar-refractivity contribution < 1.29 is 9.53 Å². The largest absolute Gasteiger partial charge is 0.381 e. The normalized spacial score (nSPS) is 17.1. The van der Waals surface area contributed by atoms with E-state index in [9.17, 15) is 4.79 Å². The number of anilines is 1. The molecule has 20 heavy (non-hydrogen) atoms. The van der Waals surface area contributed by atoms with Gasteiger partial charge in [0.1, 0.15) is 0 Å². The molecule has 112 valence electrons. The van der Waals surface area contributed by atoms with Crippen LogP contribution in [-0.2, 0) is 9.53 Å². The number of nitrogens with two attached hydrogens (primary N) is 1. The van der Waals surface area contributed by atoms with Crippen LogP contribution >= 0.6 is 28.3 Å². The average Bonchev–Trinajstić information content (AvgIpc) is 2.44. The second-order valence-electron chi connectivity index (χ2n) is 4.96. The van der Waals surface area contributed by atoms with Crippen LogP contribution in [0.25, 0.3) is 0 Å². The van der Waals surface area contributed by atoms with Crippen molar-refractivity contribution in [2.75, 3.05) is 25.1 Å². The molecule has 0 aliphatic carbocycles. The summed E-state index contributed by atoms with van der Waals surface area (Å²) >= 11 is 3.47. The standard InChI is InChI=1S/C14H19BrN2O2.ClH/c1-10-11(15)3-2-4-12(10)17-13(18)14(9-16)5-7-19-8-6-14;/h2-4H,5-9,16H2,1H3,(H,17,18);1H. The van der Waals surface area contributed by atoms with E-state index in [-0.39, 0.29) is 18.3 Å². The number of ether oxygens (including phenoxy) is 1. The van der Waals surface area contributed by atoms with Crippen molar-refractivity contribution in [1.29, 1.82) is 0 Å². The van der Waals surface area contributed by atoms with Crippen LogP contribution in [0.2, 0.25) is 0 Å². The number of hydrogen-bond acceptors (Lipinski definition) is 3. The van der Waals surface area contributed by atoms with Gasteiger partial charge in [0, 0.05) is 29.9 Å². The van der Waals surface area contributed by atoms with Gasteiger partial charge in [-0.1, -0.05) is 22.0 Å². The molecular formula is C14H20BrClN2O2. The summed E-state index contributed by atoms with van der Waals surface area (Å²) in [5, 5.41) is 3.01. The Morgan fingerprint density at radius 3 is 2.70 bits per heavy atom. The quantitative estimate of drug-likeness (QED) is 0.868. The molecule has 0 aromatic heterocycles. The molecular weight excluding hydrogens is 344 g/mol. The molecule has 4 nitrogen and oxygen atoms in total. The summed E-state index contributed by atoms with van der Waals surface area (Å²) in [6, 6.07) is 5.77. The fourth-order valence-corrected chi connectivity index (χ4v) is 2.65. The van der Waals surface area contributed by atoms with Crippen LogP contribution in [0.5, 0.6) is 0 Å². The Morgan fingerprint density at radius 2 is 2.10 bits per heavy atom. The summed E-state index contributed by atoms with van der Waals surface area (Å²) in [6.45, 7) is 3.53. The van der Waals surface area contributed by atoms with Crippen LogP contribution in [0.3, 0.4) is 0 Å². The van der Waals surface area contributed by atoms with E-state index in [1.54, 1.807) is 0 Å². The van der Waals surface area contributed by atoms with Crippen molar-refractivity contribution in [3.05, 3.63) is 28.2 Å². The molecule has 1 aliphatic heterocycles. The van der Waals surface area contributed by atoms with E-state index in [0.29, 0.717) is 32.6 Å². The second-order valence-corrected chi connectivity index (χ2v) is 5.82. The summed E-state index contributed by atoms with van der Waals surface area (Å²) in [5.41, 5.74) is 7.20. The van der Waals surface area contributed by atoms with Gasteiger partial charge < -0.3 is 15.8 Å². The predicted molar refractivity (Wildman–Crippen MR) is 86.3 cm³/mol. The van der Waals surface area contributed by atoms with Crippen LogP contribution < -0.4 is 11.1 Å². The second kappa shape index (κ2) is 7.41. The maximum atomic E-state index is 12.5. The lowest BCUT2D eigenvalue weighted by Crippen LogP contribution is -2.46. The number of hydrogen-bond donors (Lipinski definition) is 2. The number of carbonyl (C=O) groups excluding carboxylic acids is 1. The first-order valence-corrected chi connectivity index (χ1v) is 7.23. The van der Waals surface area contributed by atoms with Gasteiger partial charge in [0.25, 0.3) is 0 Å². The highest BCUT2D eigenvalue weighted by Crippen LogP contribution is 2.32. The Balaban J connectivity index is 0.00000200. The summed E-state index contributed by atoms with van der Waals surface area (Å²) in [5.74, 6) is -0.000463. The Labute approximate surface area is 134 Å². The van der Waals surface area contributed by atoms with Gasteiger partial charge in [0.05, 0.1) is 5.41 Å². The zero-order chi connectivity index (χ0) is 13.9. The fraction of sp³-hybridized carbons (Fsp3) is 0.500. The minimum absolute atomic E-state index is 0. The molecule has 0 bridgehead atoms. The highest BCUT2D eigenvalue weighted by Gasteiger charge is 2.38. The monoisotopic (exact) mass is 362 g/mol. The molecule has 0 atom stereocenters. The molecule has 1 aromatic carbocycles. The van der Waals surface area contributed by atoms with Crippen LogP contribution in [0.4, 0.5) is 5.69 Å². The summed E-state index contributed by atoms with van der Waals surface area (Å²) in [6.07, 6.45) is 1.37. The fourth-order valence-electron chi connectivity index (χ4n) is 2.28. The Hall–Kier alpha value is -0.620. The molecule has 0 saturated carbocycles. The topological polar surface area (TPSA) is 64.4 Å². The molecule has 0 unspecified atom stereocenters. The maximum absolute atomic E-state index is 12.5. The van der Waals surface area contributed by atoms with Gasteiger partial charge in [-0.15, -0.1) is 12.4 Å². The van der Waals surface area contributed by atoms with Gasteiger partial charge in [0.2, 0.25) is 5.91 Å². The Morgan fingerprint density at radius 1 is 1.45 bits per heavy atom. The highest BCUT2D eigenvalue weighted by atomic mass is 79.9. The third-order valence-electron chi connectivity index (χ3n) is 3.84. The number of halogens is 2. The molecule has 0 radical (unpaired) electrons. The molecule has 3 N–H and O–H groups in total. The van der Waals surface area contributed by atoms with E-state index in [2.05, 4.69) is 21.2 Å². The van der Waals surface area contributed by atoms with E-state index in [1.165, 1.54) is 0 Å². The lowest BCUT2D eigenvalue weighted by atomic mass is 9.79. The third-order valence-corrected chi connectivity index (χ3v) is 4.70. The van der Waals surface area contributed by atoms with E-state index < -0.39 is 5.41 Å². The first-order valence-electron chi connectivity index (χ1n) is 6.43. The number of benzene rings is 1. The van der Waals surface area contributed by atoms with Gasteiger partial charge in [0.15, 0.2) is 0 Å². The van der Waals surface area contributed by atoms with E-state index >= 15 is 0 Å². The van der Waals surface area contributed by atoms with Gasteiger partial charge >= 0.3 is 0 Å². The maximum Gasteiger partial charge on any atom is 0.232 e. The number of rotatable bonds is 3. The van der Waals surface area contributed by atoms with Crippen molar-refractivity contribution in [1.82, 2.24) is 0 Å². The molecule has 6 heteroatoms. The van der Waals surface area contributed by atoms with Crippen LogP contribution in [0, 0.1) is 12.3 Å². The summed E-state index contributed by atoms with van der Waals surface area (Å²) in [4.78, 5) is 12.5. The third kappa shape index (κ3) is 3.52. The molecule has 1 fully saturated rings. The molecule has 1 amide bonds. The zero-order valence-corrected chi connectivity index (χ0v) is 13.9. The minimum atomic E-state index is -0.493. The highest BCUT2D eigenvalue weighted by molar-refractivity contribution is 9.10. The van der Waals surface area contributed by atoms with Crippen LogP contribution in [-0.4, -0.2) is 25.7 Å². The lowest BCUT2D eigenvalue weighted by Gasteiger charge is -2.34. The number of amides is 1. The molecule has 1 saturated heterocycles. The summed E-state index contributed by atoms with van der Waals surface area (Å²) < 4.78 is 6.31. The molecule has 1 aromatic rings. The lowest BCUT2D eigenvalue weighted by molar-refractivity contribution is -0.130. The minimum Gasteiger partial charge on any atom is -0.381 e. The van der Waals surface area contributed by atoms with E-state index in [1.807, 2.05) is 25.1 Å². The van der Waals surface area contributed by atoms with Crippen molar-refractivity contribution in [3.63, 3.8) is 0 Å². The van der Waals surface area contributed by atoms with Crippen molar-refractivity contribution in [2.45, 2.75) is 19.8 Å². The zero-order valence-electron chi connectivity index (χ0n) is 11.4. The van der Waals surface area contributed by atoms with Crippen LogP contribution in [0.1, 0.15) is 18.4 Å². The van der Waals surface area contributed by atoms with Crippen LogP contribution in [0.15, 0.2) is 22.7 Å². The molecule has 0 spiro atoms. The van der Waals surface area contributed by atoms with Gasteiger partial charge in [-0.2, -0.15) is 0 Å². The van der Waals surface area contributed by atoms with E-state index in [0.717, 1.165) is 15.7 Å². The van der Waals surface area contributed by atoms with Crippen molar-refractivity contribution in [3.8, 4) is 0 Å². The molecule has 1 aliphatic rings. The van der Waals surface area contributed by atoms with Gasteiger partial charge in [-0.3, -0.25) is 4.79 Å². The van der Waals surface area contributed by atoms with Gasteiger partial charge in [-0.25, -0.2) is 0 Å². The SMILES string of the molecule is Cc1c(Br)cccc1NC(=O)C1(CN)CCOCC1.Cl. The van der Waals surface area contributed by atoms with Crippen molar-refractivity contribution >= 4 is 39.9 Å². The Bertz CT molecular complexity index is 476. The summed E-state index contributed by atoms with van der Waals surface area (Å²) in [7, 11) is 0. The predicted octanol–water partition coefficient (Wildman–Crippen LogP) is 2.87. The van der Waals surface area contributed by atoms with Gasteiger partial charge in [-0.05, 0) is 37.5 Å². The first kappa shape index (κ1) is 17.4. The first-order chi connectivity index (χ1) is 9.09. The average molecular weight is 364 g/mol. The number of nitrogens with one attached hydrogen (secondary N) is 1. The van der Waals surface area contributed by atoms with E-state index in [4.69, 9.17) is 10.5 Å². The molecule has 1 heterocycles. The number of carbonyl (C=O) groups is 1. The smallest absolute Gasteiger partial charge is 0.232 e. The van der Waals surface area contributed by atoms with Crippen molar-refractivity contribution in [2.24, 2.45) is 11.1 Å².